The Hall–Kier alpha value is -1.42. The summed E-state index contributed by atoms with van der Waals surface area (Å²) in [6, 6.07) is 3.36. The zero-order chi connectivity index (χ0) is 10.4. The van der Waals surface area contributed by atoms with E-state index >= 15 is 0 Å². The predicted octanol–water partition coefficient (Wildman–Crippen LogP) is 0.687. The quantitative estimate of drug-likeness (QED) is 0.723. The second kappa shape index (κ2) is 5.34. The fourth-order valence-electron chi connectivity index (χ4n) is 1.07. The van der Waals surface area contributed by atoms with Gasteiger partial charge in [-0.2, -0.15) is 0 Å². The minimum atomic E-state index is -0.820. The number of carbonyl (C=O) groups is 1. The van der Waals surface area contributed by atoms with E-state index in [2.05, 4.69) is 10.3 Å². The van der Waals surface area contributed by atoms with Crippen molar-refractivity contribution in [3.05, 3.63) is 30.1 Å². The molecule has 0 saturated heterocycles. The number of rotatable bonds is 5. The number of nitrogens with zero attached hydrogens (tertiary/aromatic N) is 1. The average molecular weight is 194 g/mol. The van der Waals surface area contributed by atoms with E-state index in [1.165, 1.54) is 0 Å². The second-order valence-corrected chi connectivity index (χ2v) is 3.12. The van der Waals surface area contributed by atoms with Crippen molar-refractivity contribution in [3.63, 3.8) is 0 Å². The molecule has 1 heterocycles. The van der Waals surface area contributed by atoms with Crippen LogP contribution in [0, 0.1) is 0 Å². The lowest BCUT2D eigenvalue weighted by Gasteiger charge is -2.08. The molecule has 0 radical (unpaired) electrons. The number of nitrogens with one attached hydrogen (secondary N) is 1. The van der Waals surface area contributed by atoms with Gasteiger partial charge in [-0.15, -0.1) is 0 Å². The fraction of sp³-hybridized carbons (Fsp3) is 0.400. The van der Waals surface area contributed by atoms with Crippen molar-refractivity contribution in [2.24, 2.45) is 0 Å². The predicted molar refractivity (Wildman–Crippen MR) is 53.0 cm³/mol. The molecule has 2 N–H and O–H groups in total. The first-order chi connectivity index (χ1) is 6.70. The molecule has 1 rings (SSSR count). The van der Waals surface area contributed by atoms with E-state index in [1.54, 1.807) is 19.3 Å². The summed E-state index contributed by atoms with van der Waals surface area (Å²) >= 11 is 0. The Morgan fingerprint density at radius 1 is 1.57 bits per heavy atom. The van der Waals surface area contributed by atoms with E-state index in [-0.39, 0.29) is 0 Å². The van der Waals surface area contributed by atoms with Crippen LogP contribution in [0.4, 0.5) is 0 Å². The molecule has 0 amide bonds. The standard InChI is InChI=1S/C10H14N2O2/c1-8(10(13)14)12-7-4-9-2-5-11-6-3-9/h2-3,5-6,8,12H,4,7H2,1H3,(H,13,14)/t8-/m1/s1. The Labute approximate surface area is 83.0 Å². The van der Waals surface area contributed by atoms with Gasteiger partial charge < -0.3 is 10.4 Å². The lowest BCUT2D eigenvalue weighted by molar-refractivity contribution is -0.138. The number of aromatic nitrogens is 1. The summed E-state index contributed by atoms with van der Waals surface area (Å²) in [7, 11) is 0. The van der Waals surface area contributed by atoms with E-state index in [9.17, 15) is 4.79 Å². The van der Waals surface area contributed by atoms with Crippen LogP contribution in [0.1, 0.15) is 12.5 Å². The van der Waals surface area contributed by atoms with Gasteiger partial charge in [-0.25, -0.2) is 0 Å². The van der Waals surface area contributed by atoms with Gasteiger partial charge in [0.2, 0.25) is 0 Å². The third kappa shape index (κ3) is 3.53. The summed E-state index contributed by atoms with van der Waals surface area (Å²) < 4.78 is 0. The second-order valence-electron chi connectivity index (χ2n) is 3.12. The number of pyridine rings is 1. The highest BCUT2D eigenvalue weighted by Crippen LogP contribution is 1.96. The number of hydrogen-bond donors (Lipinski definition) is 2. The summed E-state index contributed by atoms with van der Waals surface area (Å²) in [5.41, 5.74) is 1.16. The highest BCUT2D eigenvalue weighted by Gasteiger charge is 2.08. The van der Waals surface area contributed by atoms with E-state index in [0.29, 0.717) is 6.54 Å². The smallest absolute Gasteiger partial charge is 0.320 e. The molecule has 0 saturated carbocycles. The summed E-state index contributed by atoms with van der Waals surface area (Å²) in [6.07, 6.45) is 4.28. The Morgan fingerprint density at radius 3 is 2.79 bits per heavy atom. The summed E-state index contributed by atoms with van der Waals surface area (Å²) in [6.45, 7) is 2.30. The molecule has 0 aliphatic rings. The highest BCUT2D eigenvalue weighted by molar-refractivity contribution is 5.72. The van der Waals surface area contributed by atoms with Crippen molar-refractivity contribution in [3.8, 4) is 0 Å². The van der Waals surface area contributed by atoms with Crippen molar-refractivity contribution < 1.29 is 9.90 Å². The van der Waals surface area contributed by atoms with Gasteiger partial charge in [0.1, 0.15) is 6.04 Å². The molecule has 0 aliphatic carbocycles. The van der Waals surface area contributed by atoms with Crippen LogP contribution in [0.25, 0.3) is 0 Å². The summed E-state index contributed by atoms with van der Waals surface area (Å²) in [5.74, 6) is -0.820. The van der Waals surface area contributed by atoms with Crippen LogP contribution in [-0.2, 0) is 11.2 Å². The zero-order valence-corrected chi connectivity index (χ0v) is 8.10. The van der Waals surface area contributed by atoms with Gasteiger partial charge in [0.15, 0.2) is 0 Å². The Balaban J connectivity index is 2.26. The summed E-state index contributed by atoms with van der Waals surface area (Å²) in [4.78, 5) is 14.4. The van der Waals surface area contributed by atoms with Crippen LogP contribution in [0.5, 0.6) is 0 Å². The van der Waals surface area contributed by atoms with Crippen LogP contribution in [-0.4, -0.2) is 28.6 Å². The molecular weight excluding hydrogens is 180 g/mol. The van der Waals surface area contributed by atoms with Gasteiger partial charge >= 0.3 is 5.97 Å². The van der Waals surface area contributed by atoms with Crippen LogP contribution < -0.4 is 5.32 Å². The van der Waals surface area contributed by atoms with Gasteiger partial charge in [-0.05, 0) is 37.6 Å². The molecule has 1 aromatic heterocycles. The van der Waals surface area contributed by atoms with Gasteiger partial charge in [-0.1, -0.05) is 0 Å². The lowest BCUT2D eigenvalue weighted by Crippen LogP contribution is -2.34. The van der Waals surface area contributed by atoms with Crippen molar-refractivity contribution in [2.75, 3.05) is 6.54 Å². The van der Waals surface area contributed by atoms with Gasteiger partial charge in [-0.3, -0.25) is 9.78 Å². The molecule has 0 spiro atoms. The SMILES string of the molecule is C[C@@H](NCCc1ccncc1)C(=O)O. The molecule has 0 fully saturated rings. The van der Waals surface area contributed by atoms with Crippen molar-refractivity contribution in [2.45, 2.75) is 19.4 Å². The largest absolute Gasteiger partial charge is 0.480 e. The van der Waals surface area contributed by atoms with Crippen molar-refractivity contribution >= 4 is 5.97 Å². The monoisotopic (exact) mass is 194 g/mol. The molecule has 4 nitrogen and oxygen atoms in total. The van der Waals surface area contributed by atoms with Crippen molar-refractivity contribution in [1.29, 1.82) is 0 Å². The maximum Gasteiger partial charge on any atom is 0.320 e. The molecule has 1 atom stereocenters. The maximum atomic E-state index is 10.5. The number of carboxylic acids is 1. The topological polar surface area (TPSA) is 62.2 Å². The van der Waals surface area contributed by atoms with Crippen LogP contribution in [0.15, 0.2) is 24.5 Å². The minimum Gasteiger partial charge on any atom is -0.480 e. The highest BCUT2D eigenvalue weighted by atomic mass is 16.4. The first-order valence-corrected chi connectivity index (χ1v) is 4.55. The number of carboxylic acid groups (broad SMARTS) is 1. The molecule has 0 aromatic carbocycles. The first-order valence-electron chi connectivity index (χ1n) is 4.55. The van der Waals surface area contributed by atoms with Crippen LogP contribution in [0.3, 0.4) is 0 Å². The molecule has 0 unspecified atom stereocenters. The molecule has 0 bridgehead atoms. The summed E-state index contributed by atoms with van der Waals surface area (Å²) in [5, 5.41) is 11.5. The Bertz CT molecular complexity index is 287. The molecular formula is C10H14N2O2. The maximum absolute atomic E-state index is 10.5. The Morgan fingerprint density at radius 2 is 2.21 bits per heavy atom. The van der Waals surface area contributed by atoms with E-state index < -0.39 is 12.0 Å². The molecule has 14 heavy (non-hydrogen) atoms. The van der Waals surface area contributed by atoms with E-state index in [0.717, 1.165) is 12.0 Å². The van der Waals surface area contributed by atoms with E-state index in [1.807, 2.05) is 12.1 Å². The van der Waals surface area contributed by atoms with Gasteiger partial charge in [0.25, 0.3) is 0 Å². The zero-order valence-electron chi connectivity index (χ0n) is 8.10. The first kappa shape index (κ1) is 10.7. The Kier molecular flexibility index (Phi) is 4.07. The molecule has 4 heteroatoms. The van der Waals surface area contributed by atoms with E-state index in [4.69, 9.17) is 5.11 Å². The molecule has 76 valence electrons. The molecule has 0 aliphatic heterocycles. The fourth-order valence-corrected chi connectivity index (χ4v) is 1.07. The third-order valence-corrected chi connectivity index (χ3v) is 1.98. The minimum absolute atomic E-state index is 0.489. The van der Waals surface area contributed by atoms with Gasteiger partial charge in [0, 0.05) is 12.4 Å². The third-order valence-electron chi connectivity index (χ3n) is 1.98. The van der Waals surface area contributed by atoms with Gasteiger partial charge in [0.05, 0.1) is 0 Å². The molecule has 1 aromatic rings. The normalized spacial score (nSPS) is 12.4. The van der Waals surface area contributed by atoms with Crippen LogP contribution in [0.2, 0.25) is 0 Å². The number of hydrogen-bond acceptors (Lipinski definition) is 3. The van der Waals surface area contributed by atoms with Crippen molar-refractivity contribution in [1.82, 2.24) is 10.3 Å². The lowest BCUT2D eigenvalue weighted by atomic mass is 10.2. The van der Waals surface area contributed by atoms with Crippen LogP contribution >= 0.6 is 0 Å². The average Bonchev–Trinajstić information content (AvgIpc) is 2.19. The number of aliphatic carboxylic acids is 1.